The highest BCUT2D eigenvalue weighted by Gasteiger charge is 2.37. The minimum atomic E-state index is -0.303. The van der Waals surface area contributed by atoms with Gasteiger partial charge in [-0.3, -0.25) is 14.5 Å². The molecule has 8 heterocycles. The molecule has 0 saturated carbocycles. The van der Waals surface area contributed by atoms with E-state index in [0.717, 1.165) is 91.2 Å². The summed E-state index contributed by atoms with van der Waals surface area (Å²) in [5, 5.41) is 31.8. The summed E-state index contributed by atoms with van der Waals surface area (Å²) in [5.74, 6) is 1.29. The molecule has 6 aliphatic heterocycles. The summed E-state index contributed by atoms with van der Waals surface area (Å²) in [4.78, 5) is 63.8. The van der Waals surface area contributed by atoms with Crippen LogP contribution in [0.4, 0.5) is 23.0 Å². The maximum Gasteiger partial charge on any atom is 0.318 e. The SMILES string of the molecule is C=CC(=O)N1CCN(c2nc(OC[C@@H]3CN(C)C(c4ccc(N5CCc6c(nc(OC[C@H]7CN(C)CCN7)nc6N6CCN(C(=O)C=C)C(CC#N)C6)C5)c5ccccc45)CN3)nc3c2CCN(c2cccc4ccccc24)C3)CC1CC#N. The number of hydrogen-bond donors (Lipinski definition) is 2. The molecule has 0 bridgehead atoms. The van der Waals surface area contributed by atoms with Gasteiger partial charge >= 0.3 is 12.0 Å². The smallest absolute Gasteiger partial charge is 0.318 e. The summed E-state index contributed by atoms with van der Waals surface area (Å²) in [6, 6.07) is 33.1. The summed E-state index contributed by atoms with van der Waals surface area (Å²) in [6.07, 6.45) is 4.52. The van der Waals surface area contributed by atoms with Crippen molar-refractivity contribution in [3.05, 3.63) is 132 Å². The number of anilines is 4. The van der Waals surface area contributed by atoms with Crippen molar-refractivity contribution in [3.8, 4) is 24.2 Å². The van der Waals surface area contributed by atoms with E-state index in [-0.39, 0.29) is 54.9 Å². The lowest BCUT2D eigenvalue weighted by molar-refractivity contribution is -0.129. The fraction of sp³-hybridized carbons (Fsp3) is 0.438. The predicted octanol–water partition coefficient (Wildman–Crippen LogP) is 5.24. The van der Waals surface area contributed by atoms with Crippen LogP contribution in [0.2, 0.25) is 0 Å². The number of hydrogen-bond acceptors (Lipinski definition) is 18. The predicted molar refractivity (Wildman–Crippen MR) is 325 cm³/mol. The lowest BCUT2D eigenvalue weighted by Crippen LogP contribution is -2.55. The lowest BCUT2D eigenvalue weighted by atomic mass is 9.93. The number of ether oxygens (including phenoxy) is 2. The van der Waals surface area contributed by atoms with Gasteiger partial charge in [0.25, 0.3) is 0 Å². The second kappa shape index (κ2) is 24.8. The van der Waals surface area contributed by atoms with Gasteiger partial charge in [0, 0.05) is 124 Å². The first-order chi connectivity index (χ1) is 41.1. The van der Waals surface area contributed by atoms with Crippen LogP contribution in [0.5, 0.6) is 12.0 Å². The quantitative estimate of drug-likeness (QED) is 0.126. The average molecular weight is 1130 g/mol. The Hall–Kier alpha value is -8.40. The van der Waals surface area contributed by atoms with E-state index in [4.69, 9.17) is 29.4 Å². The molecule has 434 valence electrons. The fourth-order valence-corrected chi connectivity index (χ4v) is 13.6. The highest BCUT2D eigenvalue weighted by molar-refractivity contribution is 5.97. The van der Waals surface area contributed by atoms with Crippen molar-refractivity contribution in [1.82, 2.24) is 50.2 Å². The number of piperazine rings is 4. The molecule has 0 aliphatic carbocycles. The van der Waals surface area contributed by atoms with E-state index in [1.165, 1.54) is 39.3 Å². The molecule has 20 nitrogen and oxygen atoms in total. The summed E-state index contributed by atoms with van der Waals surface area (Å²) >= 11 is 0. The number of aromatic nitrogens is 4. The normalized spacial score (nSPS) is 22.2. The van der Waals surface area contributed by atoms with Crippen molar-refractivity contribution < 1.29 is 19.1 Å². The highest BCUT2D eigenvalue weighted by atomic mass is 16.5. The molecule has 2 aromatic heterocycles. The summed E-state index contributed by atoms with van der Waals surface area (Å²) in [5.41, 5.74) is 7.53. The van der Waals surface area contributed by atoms with Gasteiger partial charge in [-0.2, -0.15) is 30.5 Å². The van der Waals surface area contributed by atoms with Crippen molar-refractivity contribution in [2.75, 3.05) is 132 Å². The molecule has 4 saturated heterocycles. The summed E-state index contributed by atoms with van der Waals surface area (Å²) in [6.45, 7) is 18.1. The summed E-state index contributed by atoms with van der Waals surface area (Å²) in [7, 11) is 4.31. The van der Waals surface area contributed by atoms with E-state index in [0.29, 0.717) is 90.6 Å². The van der Waals surface area contributed by atoms with E-state index in [9.17, 15) is 20.1 Å². The van der Waals surface area contributed by atoms with Crippen molar-refractivity contribution in [1.29, 1.82) is 10.5 Å². The van der Waals surface area contributed by atoms with Crippen molar-refractivity contribution in [2.24, 2.45) is 0 Å². The van der Waals surface area contributed by atoms with E-state index in [1.54, 1.807) is 9.80 Å². The standard InChI is InChI=1S/C64H74N16O4/c1-5-59(81)79-32-30-77(37-46(79)20-24-65)61-52-22-27-75(56-17-11-13-43-12-7-8-14-48(43)56)39-54(52)69-64(72-61)84-42-45-36-74(4)58(34-68-45)51-18-19-57(50-16-10-9-15-49(50)51)76-28-23-53-55(40-76)70-63(83-41-44-35-73(3)29-26-67-44)71-62(53)78-31-33-80(60(82)6-2)47(38-78)21-25-66/h5-19,44-47,58,67-68H,1-2,20-23,26-42H2,3-4H3/t44-,45+,46?,47?,58?/m1/s1. The molecule has 4 fully saturated rings. The number of nitrogens with zero attached hydrogens (tertiary/aromatic N) is 14. The fourth-order valence-electron chi connectivity index (χ4n) is 13.6. The average Bonchev–Trinajstić information content (AvgIpc) is 3.42. The molecule has 2 N–H and O–H groups in total. The van der Waals surface area contributed by atoms with Crippen LogP contribution in [0, 0.1) is 22.7 Å². The number of likely N-dealkylation sites (N-methyl/N-ethyl adjacent to an activating group) is 2. The number of benzene rings is 4. The number of nitrogens with one attached hydrogen (secondary N) is 2. The van der Waals surface area contributed by atoms with Crippen LogP contribution in [0.15, 0.2) is 104 Å². The zero-order valence-corrected chi connectivity index (χ0v) is 48.2. The molecule has 0 radical (unpaired) electrons. The third-order valence-corrected chi connectivity index (χ3v) is 17.8. The Bertz CT molecular complexity index is 3540. The van der Waals surface area contributed by atoms with Crippen LogP contribution in [-0.2, 0) is 35.5 Å². The molecular weight excluding hydrogens is 1060 g/mol. The van der Waals surface area contributed by atoms with Gasteiger partial charge in [-0.25, -0.2) is 0 Å². The van der Waals surface area contributed by atoms with E-state index in [1.807, 2.05) is 0 Å². The van der Waals surface area contributed by atoms with Crippen LogP contribution in [-0.4, -0.2) is 188 Å². The first-order valence-corrected chi connectivity index (χ1v) is 29.6. The minimum absolute atomic E-state index is 0.00861. The van der Waals surface area contributed by atoms with Crippen LogP contribution in [0.3, 0.4) is 0 Å². The molecule has 84 heavy (non-hydrogen) atoms. The Kier molecular flexibility index (Phi) is 16.6. The number of amides is 2. The molecule has 12 rings (SSSR count). The molecule has 6 aromatic rings. The molecule has 4 aromatic carbocycles. The van der Waals surface area contributed by atoms with Gasteiger partial charge < -0.3 is 54.4 Å². The number of carbonyl (C=O) groups excluding carboxylic acids is 2. The second-order valence-electron chi connectivity index (χ2n) is 23.1. The topological polar surface area (TPSA) is 202 Å². The molecule has 6 aliphatic rings. The Labute approximate surface area is 491 Å². The van der Waals surface area contributed by atoms with Gasteiger partial charge in [-0.15, -0.1) is 0 Å². The van der Waals surface area contributed by atoms with Crippen LogP contribution >= 0.6 is 0 Å². The first-order valence-electron chi connectivity index (χ1n) is 29.6. The first kappa shape index (κ1) is 56.1. The number of nitriles is 2. The Morgan fingerprint density at radius 2 is 1.15 bits per heavy atom. The third kappa shape index (κ3) is 11.5. The molecular formula is C64H74N16O4. The van der Waals surface area contributed by atoms with Crippen LogP contribution in [0.1, 0.15) is 47.0 Å². The number of carbonyl (C=O) groups is 2. The Morgan fingerprint density at radius 1 is 0.607 bits per heavy atom. The zero-order chi connectivity index (χ0) is 57.8. The largest absolute Gasteiger partial charge is 0.462 e. The van der Waals surface area contributed by atoms with Crippen molar-refractivity contribution >= 4 is 56.4 Å². The van der Waals surface area contributed by atoms with Crippen molar-refractivity contribution in [3.63, 3.8) is 0 Å². The molecule has 3 unspecified atom stereocenters. The second-order valence-corrected chi connectivity index (χ2v) is 23.1. The maximum atomic E-state index is 12.9. The molecule has 2 amide bonds. The minimum Gasteiger partial charge on any atom is -0.462 e. The van der Waals surface area contributed by atoms with Gasteiger partial charge in [-0.1, -0.05) is 79.9 Å². The highest BCUT2D eigenvalue weighted by Crippen LogP contribution is 2.40. The Morgan fingerprint density at radius 3 is 1.73 bits per heavy atom. The van der Waals surface area contributed by atoms with Gasteiger partial charge in [0.15, 0.2) is 0 Å². The van der Waals surface area contributed by atoms with E-state index >= 15 is 0 Å². The van der Waals surface area contributed by atoms with Gasteiger partial charge in [0.05, 0.1) is 73.6 Å². The number of rotatable bonds is 15. The lowest BCUT2D eigenvalue weighted by Gasteiger charge is -2.42. The zero-order valence-electron chi connectivity index (χ0n) is 48.2. The third-order valence-electron chi connectivity index (χ3n) is 17.8. The van der Waals surface area contributed by atoms with Crippen LogP contribution < -0.4 is 39.7 Å². The van der Waals surface area contributed by atoms with E-state index in [2.05, 4.69) is 158 Å². The molecule has 20 heteroatoms. The van der Waals surface area contributed by atoms with E-state index < -0.39 is 0 Å². The van der Waals surface area contributed by atoms with Gasteiger partial charge in [0.2, 0.25) is 11.8 Å². The summed E-state index contributed by atoms with van der Waals surface area (Å²) < 4.78 is 13.1. The Balaban J connectivity index is 0.766. The number of fused-ring (bicyclic) bond motifs is 4. The molecule has 5 atom stereocenters. The van der Waals surface area contributed by atoms with Gasteiger partial charge in [0.1, 0.15) is 24.8 Å². The van der Waals surface area contributed by atoms with Crippen molar-refractivity contribution in [2.45, 2.75) is 69.0 Å². The maximum absolute atomic E-state index is 12.9. The van der Waals surface area contributed by atoms with Gasteiger partial charge in [-0.05, 0) is 67.6 Å². The monoisotopic (exact) mass is 1130 g/mol. The van der Waals surface area contributed by atoms with Crippen LogP contribution in [0.25, 0.3) is 21.5 Å². The molecule has 0 spiro atoms.